The third kappa shape index (κ3) is 4.49. The number of fused-ring (bicyclic) bond motifs is 1. The van der Waals surface area contributed by atoms with Crippen LogP contribution in [-0.2, 0) is 17.9 Å². The summed E-state index contributed by atoms with van der Waals surface area (Å²) in [6.07, 6.45) is 3.78. The SMILES string of the molecule is O=C1S/C(=C\c2cn(Cc3ccc(Cl)cc3)c3ccccc23)C(=O)N1Cc1c(Cl)cccc1Cl. The maximum Gasteiger partial charge on any atom is 0.293 e. The summed E-state index contributed by atoms with van der Waals surface area (Å²) in [5.74, 6) is -0.361. The third-order valence-corrected chi connectivity index (χ3v) is 7.49. The minimum absolute atomic E-state index is 0.0266. The zero-order valence-electron chi connectivity index (χ0n) is 17.7. The van der Waals surface area contributed by atoms with Gasteiger partial charge in [-0.05, 0) is 53.7 Å². The number of carbonyl (C=O) groups excluding carboxylic acids is 2. The molecule has 1 fully saturated rings. The van der Waals surface area contributed by atoms with Crippen molar-refractivity contribution in [3.8, 4) is 0 Å². The standard InChI is InChI=1S/C26H17Cl3N2O2S/c27-18-10-8-16(9-11-18)13-30-14-17(19-4-1-2-7-23(19)30)12-24-25(32)31(26(33)34-24)15-20-21(28)5-3-6-22(20)29/h1-12,14H,13,15H2/b24-12-. The molecule has 5 rings (SSSR count). The lowest BCUT2D eigenvalue weighted by atomic mass is 10.1. The van der Waals surface area contributed by atoms with Crippen molar-refractivity contribution in [3.05, 3.63) is 110 Å². The molecule has 0 bridgehead atoms. The number of rotatable bonds is 5. The Labute approximate surface area is 215 Å². The third-order valence-electron chi connectivity index (χ3n) is 5.62. The number of thioether (sulfide) groups is 1. The molecule has 1 aliphatic rings. The van der Waals surface area contributed by atoms with Gasteiger partial charge in [-0.3, -0.25) is 14.5 Å². The first-order valence-corrected chi connectivity index (χ1v) is 12.4. The molecule has 3 aromatic carbocycles. The van der Waals surface area contributed by atoms with E-state index in [9.17, 15) is 9.59 Å². The zero-order chi connectivity index (χ0) is 23.8. The van der Waals surface area contributed by atoms with Gasteiger partial charge in [-0.1, -0.05) is 71.2 Å². The molecular weight excluding hydrogens is 511 g/mol. The molecule has 2 amide bonds. The second-order valence-electron chi connectivity index (χ2n) is 7.82. The molecule has 0 N–H and O–H groups in total. The molecule has 34 heavy (non-hydrogen) atoms. The van der Waals surface area contributed by atoms with E-state index in [1.807, 2.05) is 54.7 Å². The van der Waals surface area contributed by atoms with Crippen LogP contribution in [0, 0.1) is 0 Å². The average molecular weight is 528 g/mol. The molecule has 0 unspecified atom stereocenters. The van der Waals surface area contributed by atoms with Gasteiger partial charge in [0.05, 0.1) is 11.4 Å². The largest absolute Gasteiger partial charge is 0.342 e. The lowest BCUT2D eigenvalue weighted by Gasteiger charge is -2.14. The lowest BCUT2D eigenvalue weighted by molar-refractivity contribution is -0.123. The van der Waals surface area contributed by atoms with E-state index in [1.54, 1.807) is 24.3 Å². The van der Waals surface area contributed by atoms with Gasteiger partial charge in [-0.15, -0.1) is 0 Å². The number of amides is 2. The first-order valence-electron chi connectivity index (χ1n) is 10.4. The molecule has 1 saturated heterocycles. The van der Waals surface area contributed by atoms with Crippen molar-refractivity contribution in [1.82, 2.24) is 9.47 Å². The fourth-order valence-electron chi connectivity index (χ4n) is 3.93. The van der Waals surface area contributed by atoms with Crippen LogP contribution in [0.25, 0.3) is 17.0 Å². The van der Waals surface area contributed by atoms with Crippen molar-refractivity contribution in [2.24, 2.45) is 0 Å². The Hall–Kier alpha value is -2.70. The number of hydrogen-bond donors (Lipinski definition) is 0. The second-order valence-corrected chi connectivity index (χ2v) is 10.1. The van der Waals surface area contributed by atoms with Crippen LogP contribution < -0.4 is 0 Å². The summed E-state index contributed by atoms with van der Waals surface area (Å²) in [6.45, 7) is 0.677. The highest BCUT2D eigenvalue weighted by Gasteiger charge is 2.36. The summed E-state index contributed by atoms with van der Waals surface area (Å²) in [5, 5.41) is 2.17. The van der Waals surface area contributed by atoms with Crippen molar-refractivity contribution in [1.29, 1.82) is 0 Å². The van der Waals surface area contributed by atoms with E-state index in [4.69, 9.17) is 34.8 Å². The number of aromatic nitrogens is 1. The summed E-state index contributed by atoms with van der Waals surface area (Å²) >= 11 is 19.4. The molecule has 4 aromatic rings. The Morgan fingerprint density at radius 1 is 0.824 bits per heavy atom. The molecule has 0 radical (unpaired) electrons. The van der Waals surface area contributed by atoms with Crippen LogP contribution in [0.3, 0.4) is 0 Å². The Morgan fingerprint density at radius 2 is 1.53 bits per heavy atom. The van der Waals surface area contributed by atoms with Gasteiger partial charge in [0.1, 0.15) is 0 Å². The molecule has 1 aromatic heterocycles. The Kier molecular flexibility index (Phi) is 6.45. The quantitative estimate of drug-likeness (QED) is 0.248. The Morgan fingerprint density at radius 3 is 2.26 bits per heavy atom. The highest BCUT2D eigenvalue weighted by atomic mass is 35.5. The molecule has 2 heterocycles. The molecule has 8 heteroatoms. The van der Waals surface area contributed by atoms with E-state index < -0.39 is 0 Å². The van der Waals surface area contributed by atoms with Gasteiger partial charge in [0, 0.05) is 49.8 Å². The predicted octanol–water partition coefficient (Wildman–Crippen LogP) is 7.89. The number of nitrogens with zero attached hydrogens (tertiary/aromatic N) is 2. The average Bonchev–Trinajstić information content (AvgIpc) is 3.29. The summed E-state index contributed by atoms with van der Waals surface area (Å²) in [6, 6.07) is 20.8. The van der Waals surface area contributed by atoms with Crippen molar-refractivity contribution in [2.75, 3.05) is 0 Å². The van der Waals surface area contributed by atoms with Gasteiger partial charge in [-0.25, -0.2) is 0 Å². The highest BCUT2D eigenvalue weighted by molar-refractivity contribution is 8.18. The number of hydrogen-bond acceptors (Lipinski definition) is 3. The van der Waals surface area contributed by atoms with E-state index in [1.165, 1.54) is 4.90 Å². The molecule has 170 valence electrons. The summed E-state index contributed by atoms with van der Waals surface area (Å²) < 4.78 is 2.12. The Bertz CT molecular complexity index is 1440. The number of imide groups is 1. The molecule has 0 spiro atoms. The fraction of sp³-hybridized carbons (Fsp3) is 0.0769. The highest BCUT2D eigenvalue weighted by Crippen LogP contribution is 2.37. The van der Waals surface area contributed by atoms with Crippen LogP contribution in [0.15, 0.2) is 77.8 Å². The zero-order valence-corrected chi connectivity index (χ0v) is 20.8. The number of benzene rings is 3. The monoisotopic (exact) mass is 526 g/mol. The van der Waals surface area contributed by atoms with Crippen LogP contribution in [0.2, 0.25) is 15.1 Å². The summed E-state index contributed by atoms with van der Waals surface area (Å²) in [5.41, 5.74) is 3.55. The van der Waals surface area contributed by atoms with Gasteiger partial charge in [0.2, 0.25) is 0 Å². The predicted molar refractivity (Wildman–Crippen MR) is 140 cm³/mol. The molecule has 1 aliphatic heterocycles. The molecule has 4 nitrogen and oxygen atoms in total. The summed E-state index contributed by atoms with van der Waals surface area (Å²) in [4.78, 5) is 27.3. The van der Waals surface area contributed by atoms with Crippen LogP contribution in [0.1, 0.15) is 16.7 Å². The van der Waals surface area contributed by atoms with Crippen LogP contribution in [0.5, 0.6) is 0 Å². The normalized spacial score (nSPS) is 15.1. The fourth-order valence-corrected chi connectivity index (χ4v) is 5.40. The van der Waals surface area contributed by atoms with Crippen molar-refractivity contribution < 1.29 is 9.59 Å². The van der Waals surface area contributed by atoms with Gasteiger partial charge in [0.25, 0.3) is 11.1 Å². The minimum atomic E-state index is -0.361. The molecule has 0 atom stereocenters. The van der Waals surface area contributed by atoms with Crippen molar-refractivity contribution in [2.45, 2.75) is 13.1 Å². The van der Waals surface area contributed by atoms with Gasteiger partial charge < -0.3 is 4.57 Å². The number of carbonyl (C=O) groups is 2. The maximum absolute atomic E-state index is 13.1. The van der Waals surface area contributed by atoms with E-state index >= 15 is 0 Å². The van der Waals surface area contributed by atoms with Gasteiger partial charge >= 0.3 is 0 Å². The maximum atomic E-state index is 13.1. The van der Waals surface area contributed by atoms with Crippen LogP contribution in [0.4, 0.5) is 4.79 Å². The van der Waals surface area contributed by atoms with E-state index in [-0.39, 0.29) is 17.7 Å². The first kappa shape index (κ1) is 23.1. The van der Waals surface area contributed by atoms with Crippen molar-refractivity contribution in [3.63, 3.8) is 0 Å². The van der Waals surface area contributed by atoms with Crippen LogP contribution >= 0.6 is 46.6 Å². The van der Waals surface area contributed by atoms with Crippen molar-refractivity contribution >= 4 is 74.7 Å². The second kappa shape index (κ2) is 9.51. The molecule has 0 aliphatic carbocycles. The number of halogens is 3. The van der Waals surface area contributed by atoms with E-state index in [0.29, 0.717) is 32.1 Å². The Balaban J connectivity index is 1.47. The lowest BCUT2D eigenvalue weighted by Crippen LogP contribution is -2.27. The smallest absolute Gasteiger partial charge is 0.293 e. The first-order chi connectivity index (χ1) is 16.4. The number of para-hydroxylation sites is 1. The van der Waals surface area contributed by atoms with Crippen LogP contribution in [-0.4, -0.2) is 20.6 Å². The minimum Gasteiger partial charge on any atom is -0.342 e. The van der Waals surface area contributed by atoms with Gasteiger partial charge in [0.15, 0.2) is 0 Å². The summed E-state index contributed by atoms with van der Waals surface area (Å²) in [7, 11) is 0. The van der Waals surface area contributed by atoms with Gasteiger partial charge in [-0.2, -0.15) is 0 Å². The van der Waals surface area contributed by atoms with E-state index in [0.717, 1.165) is 33.8 Å². The molecular formula is C26H17Cl3N2O2S. The topological polar surface area (TPSA) is 42.3 Å². The van der Waals surface area contributed by atoms with E-state index in [2.05, 4.69) is 4.57 Å². The molecule has 0 saturated carbocycles.